The van der Waals surface area contributed by atoms with Crippen molar-refractivity contribution in [3.63, 3.8) is 0 Å². The standard InChI is InChI=1S/C14H14ClNO4S2/c1-14-5-4-12(18)16(14)8(7-21-14)13(19)20-6-9(17)10-2-3-11(15)22-10/h2-3,8H,4-7H2,1H3/t8-,14+/m1/s1. The topological polar surface area (TPSA) is 63.7 Å². The molecule has 5 nitrogen and oxygen atoms in total. The minimum absolute atomic E-state index is 0.0224. The zero-order valence-corrected chi connectivity index (χ0v) is 14.2. The van der Waals surface area contributed by atoms with Gasteiger partial charge in [0.15, 0.2) is 6.61 Å². The van der Waals surface area contributed by atoms with E-state index in [4.69, 9.17) is 16.3 Å². The van der Waals surface area contributed by atoms with Crippen LogP contribution in [-0.2, 0) is 14.3 Å². The van der Waals surface area contributed by atoms with Crippen LogP contribution in [0.2, 0.25) is 4.34 Å². The molecule has 3 heterocycles. The molecule has 0 N–H and O–H groups in total. The molecule has 8 heteroatoms. The smallest absolute Gasteiger partial charge is 0.330 e. The largest absolute Gasteiger partial charge is 0.456 e. The van der Waals surface area contributed by atoms with Gasteiger partial charge in [0.25, 0.3) is 0 Å². The number of Topliss-reactive ketones (excluding diaryl/α,β-unsaturated/α-hetero) is 1. The van der Waals surface area contributed by atoms with Crippen molar-refractivity contribution >= 4 is 52.4 Å². The normalized spacial score (nSPS) is 27.1. The molecule has 0 radical (unpaired) electrons. The molecular weight excluding hydrogens is 346 g/mol. The van der Waals surface area contributed by atoms with Crippen molar-refractivity contribution in [2.45, 2.75) is 30.7 Å². The lowest BCUT2D eigenvalue weighted by Gasteiger charge is -2.29. The van der Waals surface area contributed by atoms with Crippen molar-refractivity contribution in [1.82, 2.24) is 4.90 Å². The molecule has 0 saturated carbocycles. The summed E-state index contributed by atoms with van der Waals surface area (Å²) in [6.07, 6.45) is 1.20. The molecule has 0 unspecified atom stereocenters. The quantitative estimate of drug-likeness (QED) is 0.610. The zero-order valence-electron chi connectivity index (χ0n) is 11.8. The second-order valence-corrected chi connectivity index (χ2v) is 8.62. The highest BCUT2D eigenvalue weighted by molar-refractivity contribution is 8.01. The maximum atomic E-state index is 12.2. The number of ether oxygens (including phenoxy) is 1. The lowest BCUT2D eigenvalue weighted by atomic mass is 10.2. The van der Waals surface area contributed by atoms with Gasteiger partial charge in [-0.05, 0) is 25.5 Å². The maximum absolute atomic E-state index is 12.2. The number of amides is 1. The molecule has 2 aliphatic heterocycles. The highest BCUT2D eigenvalue weighted by atomic mass is 35.5. The number of thiophene rings is 1. The lowest BCUT2D eigenvalue weighted by Crippen LogP contribution is -2.46. The Morgan fingerprint density at radius 1 is 1.50 bits per heavy atom. The van der Waals surface area contributed by atoms with Gasteiger partial charge in [0.1, 0.15) is 6.04 Å². The second-order valence-electron chi connectivity index (χ2n) is 5.40. The van der Waals surface area contributed by atoms with Crippen LogP contribution >= 0.6 is 34.7 Å². The number of fused-ring (bicyclic) bond motifs is 1. The van der Waals surface area contributed by atoms with Crippen LogP contribution in [-0.4, -0.2) is 45.8 Å². The zero-order chi connectivity index (χ0) is 15.9. The number of ketones is 1. The Hall–Kier alpha value is -1.05. The number of carbonyl (C=O) groups is 3. The molecule has 1 amide bonds. The van der Waals surface area contributed by atoms with Crippen LogP contribution in [0.15, 0.2) is 12.1 Å². The van der Waals surface area contributed by atoms with Crippen molar-refractivity contribution in [2.24, 2.45) is 0 Å². The van der Waals surface area contributed by atoms with E-state index >= 15 is 0 Å². The van der Waals surface area contributed by atoms with E-state index in [0.717, 1.165) is 17.8 Å². The fourth-order valence-electron chi connectivity index (χ4n) is 2.76. The summed E-state index contributed by atoms with van der Waals surface area (Å²) in [4.78, 5) is 37.9. The van der Waals surface area contributed by atoms with Gasteiger partial charge in [-0.25, -0.2) is 4.79 Å². The van der Waals surface area contributed by atoms with Crippen LogP contribution in [0.4, 0.5) is 0 Å². The van der Waals surface area contributed by atoms with Crippen LogP contribution in [0.3, 0.4) is 0 Å². The van der Waals surface area contributed by atoms with Gasteiger partial charge in [-0.1, -0.05) is 11.6 Å². The van der Waals surface area contributed by atoms with Crippen molar-refractivity contribution in [2.75, 3.05) is 12.4 Å². The summed E-state index contributed by atoms with van der Waals surface area (Å²) in [5.41, 5.74) is 0. The number of halogens is 1. The number of carbonyl (C=O) groups excluding carboxylic acids is 3. The predicted octanol–water partition coefficient (Wildman–Crippen LogP) is 2.58. The molecule has 2 fully saturated rings. The van der Waals surface area contributed by atoms with Crippen molar-refractivity contribution in [3.05, 3.63) is 21.3 Å². The highest BCUT2D eigenvalue weighted by Gasteiger charge is 2.53. The summed E-state index contributed by atoms with van der Waals surface area (Å²) in [5.74, 6) is -0.306. The summed E-state index contributed by atoms with van der Waals surface area (Å²) >= 11 is 8.52. The van der Waals surface area contributed by atoms with Gasteiger partial charge in [-0.3, -0.25) is 9.59 Å². The Morgan fingerprint density at radius 2 is 2.27 bits per heavy atom. The van der Waals surface area contributed by atoms with E-state index < -0.39 is 12.0 Å². The number of hydrogen-bond donors (Lipinski definition) is 0. The number of hydrogen-bond acceptors (Lipinski definition) is 6. The SMILES string of the molecule is C[C@]12CCC(=O)N1[C@@H](C(=O)OCC(=O)c1ccc(Cl)s1)CS2. The summed E-state index contributed by atoms with van der Waals surface area (Å²) < 4.78 is 5.63. The molecule has 3 rings (SSSR count). The molecule has 2 atom stereocenters. The predicted molar refractivity (Wildman–Crippen MR) is 85.3 cm³/mol. The summed E-state index contributed by atoms with van der Waals surface area (Å²) in [6.45, 7) is 1.64. The molecule has 1 aromatic heterocycles. The van der Waals surface area contributed by atoms with Crippen LogP contribution in [0, 0.1) is 0 Å². The molecule has 0 bridgehead atoms. The average Bonchev–Trinajstić information content (AvgIpc) is 3.13. The number of thioether (sulfide) groups is 1. The van der Waals surface area contributed by atoms with Crippen LogP contribution in [0.25, 0.3) is 0 Å². The fourth-order valence-corrected chi connectivity index (χ4v) is 5.15. The van der Waals surface area contributed by atoms with Crippen LogP contribution < -0.4 is 0 Å². The van der Waals surface area contributed by atoms with E-state index in [1.54, 1.807) is 28.8 Å². The molecule has 1 aromatic rings. The van der Waals surface area contributed by atoms with Crippen molar-refractivity contribution in [3.8, 4) is 0 Å². The Bertz CT molecular complexity index is 647. The van der Waals surface area contributed by atoms with Gasteiger partial charge in [0.2, 0.25) is 11.7 Å². The Morgan fingerprint density at radius 3 is 2.95 bits per heavy atom. The minimum Gasteiger partial charge on any atom is -0.456 e. The number of esters is 1. The molecule has 0 aliphatic carbocycles. The third kappa shape index (κ3) is 2.77. The van der Waals surface area contributed by atoms with Gasteiger partial charge < -0.3 is 9.64 Å². The number of nitrogens with zero attached hydrogens (tertiary/aromatic N) is 1. The first kappa shape index (κ1) is 15.8. The molecular formula is C14H14ClNO4S2. The van der Waals surface area contributed by atoms with Crippen molar-refractivity contribution < 1.29 is 19.1 Å². The van der Waals surface area contributed by atoms with Gasteiger partial charge in [-0.2, -0.15) is 0 Å². The third-order valence-electron chi connectivity index (χ3n) is 3.91. The van der Waals surface area contributed by atoms with Gasteiger partial charge in [0.05, 0.1) is 14.1 Å². The maximum Gasteiger partial charge on any atom is 0.330 e. The molecule has 0 spiro atoms. The number of rotatable bonds is 4. The summed E-state index contributed by atoms with van der Waals surface area (Å²) in [5, 5.41) is 0. The Labute approximate surface area is 140 Å². The van der Waals surface area contributed by atoms with Crippen molar-refractivity contribution in [1.29, 1.82) is 0 Å². The monoisotopic (exact) mass is 359 g/mol. The summed E-state index contributed by atoms with van der Waals surface area (Å²) in [7, 11) is 0. The van der Waals surface area contributed by atoms with E-state index in [1.807, 2.05) is 6.92 Å². The lowest BCUT2D eigenvalue weighted by molar-refractivity contribution is -0.152. The summed E-state index contributed by atoms with van der Waals surface area (Å²) in [6, 6.07) is 2.64. The Balaban J connectivity index is 1.61. The fraction of sp³-hybridized carbons (Fsp3) is 0.500. The van der Waals surface area contributed by atoms with E-state index in [0.29, 0.717) is 21.4 Å². The van der Waals surface area contributed by atoms with Crippen LogP contribution in [0.5, 0.6) is 0 Å². The minimum atomic E-state index is -0.593. The molecule has 118 valence electrons. The van der Waals surface area contributed by atoms with E-state index in [-0.39, 0.29) is 23.2 Å². The molecule has 2 saturated heterocycles. The first-order chi connectivity index (χ1) is 10.4. The molecule has 2 aliphatic rings. The van der Waals surface area contributed by atoms with E-state index in [2.05, 4.69) is 0 Å². The van der Waals surface area contributed by atoms with E-state index in [9.17, 15) is 14.4 Å². The van der Waals surface area contributed by atoms with E-state index in [1.165, 1.54) is 0 Å². The third-order valence-corrected chi connectivity index (χ3v) is 6.69. The first-order valence-corrected chi connectivity index (χ1v) is 9.00. The van der Waals surface area contributed by atoms with Gasteiger partial charge in [-0.15, -0.1) is 23.1 Å². The van der Waals surface area contributed by atoms with Gasteiger partial charge >= 0.3 is 5.97 Å². The molecule has 22 heavy (non-hydrogen) atoms. The second kappa shape index (κ2) is 5.86. The highest BCUT2D eigenvalue weighted by Crippen LogP contribution is 2.47. The van der Waals surface area contributed by atoms with Crippen LogP contribution in [0.1, 0.15) is 29.4 Å². The molecule has 0 aromatic carbocycles. The average molecular weight is 360 g/mol. The Kier molecular flexibility index (Phi) is 4.22. The van der Waals surface area contributed by atoms with Gasteiger partial charge in [0, 0.05) is 12.2 Å². The first-order valence-electron chi connectivity index (χ1n) is 6.82.